The second kappa shape index (κ2) is 7.88. The number of amides is 2. The van der Waals surface area contributed by atoms with E-state index in [0.717, 1.165) is 40.6 Å². The lowest BCUT2D eigenvalue weighted by Gasteiger charge is -2.16. The van der Waals surface area contributed by atoms with E-state index in [2.05, 4.69) is 19.9 Å². The summed E-state index contributed by atoms with van der Waals surface area (Å²) in [7, 11) is 0. The van der Waals surface area contributed by atoms with Gasteiger partial charge in [-0.25, -0.2) is 0 Å². The number of nitrogens with zero attached hydrogens (tertiary/aromatic N) is 1. The van der Waals surface area contributed by atoms with E-state index in [1.54, 1.807) is 0 Å². The number of aryl methyl sites for hydroxylation is 1. The van der Waals surface area contributed by atoms with Crippen LogP contribution in [0.3, 0.4) is 0 Å². The highest BCUT2D eigenvalue weighted by Gasteiger charge is 2.34. The molecule has 24 heavy (non-hydrogen) atoms. The molecule has 0 atom stereocenters. The molecule has 0 radical (unpaired) electrons. The molecule has 130 valence electrons. The van der Waals surface area contributed by atoms with Crippen LogP contribution in [0.15, 0.2) is 17.0 Å². The summed E-state index contributed by atoms with van der Waals surface area (Å²) in [5, 5.41) is -0.180. The Morgan fingerprint density at radius 1 is 1.25 bits per heavy atom. The van der Waals surface area contributed by atoms with E-state index in [1.165, 1.54) is 4.90 Å². The molecule has 0 aliphatic carbocycles. The van der Waals surface area contributed by atoms with Crippen LogP contribution in [0.5, 0.6) is 5.75 Å². The van der Waals surface area contributed by atoms with Gasteiger partial charge in [0.1, 0.15) is 5.75 Å². The van der Waals surface area contributed by atoms with Crippen molar-refractivity contribution < 1.29 is 14.3 Å². The first-order valence-electron chi connectivity index (χ1n) is 8.41. The monoisotopic (exact) mass is 347 g/mol. The minimum absolute atomic E-state index is 0.180. The van der Waals surface area contributed by atoms with E-state index in [9.17, 15) is 9.59 Å². The number of carbonyl (C=O) groups is 2. The molecular formula is C19H25NO3S. The van der Waals surface area contributed by atoms with Crippen LogP contribution in [0.2, 0.25) is 0 Å². The molecule has 5 heteroatoms. The number of thioether (sulfide) groups is 1. The highest BCUT2D eigenvalue weighted by atomic mass is 32.2. The van der Waals surface area contributed by atoms with Crippen LogP contribution in [-0.2, 0) is 4.79 Å². The summed E-state index contributed by atoms with van der Waals surface area (Å²) >= 11 is 1.02. The highest BCUT2D eigenvalue weighted by molar-refractivity contribution is 8.18. The third-order valence-electron chi connectivity index (χ3n) is 3.93. The molecule has 1 aromatic rings. The first-order valence-corrected chi connectivity index (χ1v) is 9.23. The van der Waals surface area contributed by atoms with Gasteiger partial charge in [0.05, 0.1) is 11.5 Å². The van der Waals surface area contributed by atoms with Crippen molar-refractivity contribution in [2.24, 2.45) is 0 Å². The Morgan fingerprint density at radius 2 is 1.96 bits per heavy atom. The molecule has 1 aliphatic heterocycles. The predicted molar refractivity (Wildman–Crippen MR) is 99.4 cm³/mol. The van der Waals surface area contributed by atoms with Crippen LogP contribution < -0.4 is 4.74 Å². The van der Waals surface area contributed by atoms with Crippen LogP contribution in [0.1, 0.15) is 56.7 Å². The molecule has 1 fully saturated rings. The second-order valence-corrected chi connectivity index (χ2v) is 7.16. The minimum Gasteiger partial charge on any atom is -0.494 e. The summed E-state index contributed by atoms with van der Waals surface area (Å²) < 4.78 is 5.74. The molecule has 0 bridgehead atoms. The van der Waals surface area contributed by atoms with Crippen molar-refractivity contribution in [3.8, 4) is 5.75 Å². The molecule has 1 saturated heterocycles. The van der Waals surface area contributed by atoms with E-state index in [0.29, 0.717) is 24.0 Å². The lowest BCUT2D eigenvalue weighted by atomic mass is 9.96. The van der Waals surface area contributed by atoms with Crippen molar-refractivity contribution >= 4 is 29.0 Å². The maximum absolute atomic E-state index is 12.4. The van der Waals surface area contributed by atoms with Gasteiger partial charge in [0.25, 0.3) is 11.1 Å². The maximum atomic E-state index is 12.4. The Hall–Kier alpha value is -1.75. The Morgan fingerprint density at radius 3 is 2.54 bits per heavy atom. The SMILES string of the molecule is CCCN1C(=O)SC(=Cc2cc(C(C)C)c(OCC)cc2C)C1=O. The van der Waals surface area contributed by atoms with Gasteiger partial charge in [0.15, 0.2) is 0 Å². The third kappa shape index (κ3) is 3.83. The van der Waals surface area contributed by atoms with Crippen molar-refractivity contribution in [1.29, 1.82) is 0 Å². The minimum atomic E-state index is -0.189. The number of rotatable bonds is 6. The van der Waals surface area contributed by atoms with Crippen molar-refractivity contribution in [2.45, 2.75) is 47.0 Å². The van der Waals surface area contributed by atoms with Crippen LogP contribution in [-0.4, -0.2) is 29.2 Å². The predicted octanol–water partition coefficient (Wildman–Crippen LogP) is 4.96. The van der Waals surface area contributed by atoms with Gasteiger partial charge in [-0.2, -0.15) is 0 Å². The summed E-state index contributed by atoms with van der Waals surface area (Å²) in [6.07, 6.45) is 2.60. The van der Waals surface area contributed by atoms with E-state index >= 15 is 0 Å². The topological polar surface area (TPSA) is 46.6 Å². The zero-order chi connectivity index (χ0) is 17.9. The number of benzene rings is 1. The third-order valence-corrected chi connectivity index (χ3v) is 4.84. The van der Waals surface area contributed by atoms with Gasteiger partial charge in [-0.05, 0) is 72.8 Å². The summed E-state index contributed by atoms with van der Waals surface area (Å²) in [5.41, 5.74) is 3.11. The molecular weight excluding hydrogens is 322 g/mol. The van der Waals surface area contributed by atoms with Gasteiger partial charge in [-0.1, -0.05) is 20.8 Å². The molecule has 0 N–H and O–H groups in total. The number of hydrogen-bond donors (Lipinski definition) is 0. The Balaban J connectivity index is 2.41. The zero-order valence-electron chi connectivity index (χ0n) is 15.0. The van der Waals surface area contributed by atoms with Gasteiger partial charge in [-0.15, -0.1) is 0 Å². The molecule has 0 spiro atoms. The van der Waals surface area contributed by atoms with Crippen LogP contribution in [0, 0.1) is 6.92 Å². The molecule has 1 aliphatic rings. The molecule has 0 saturated carbocycles. The smallest absolute Gasteiger partial charge is 0.293 e. The van der Waals surface area contributed by atoms with Gasteiger partial charge in [-0.3, -0.25) is 14.5 Å². The van der Waals surface area contributed by atoms with Crippen molar-refractivity contribution in [3.05, 3.63) is 33.7 Å². The number of imide groups is 1. The molecule has 1 heterocycles. The van der Waals surface area contributed by atoms with E-state index in [4.69, 9.17) is 4.74 Å². The van der Waals surface area contributed by atoms with Crippen LogP contribution in [0.25, 0.3) is 6.08 Å². The molecule has 4 nitrogen and oxygen atoms in total. The number of hydrogen-bond acceptors (Lipinski definition) is 4. The standard InChI is InChI=1S/C19H25NO3S/c1-6-8-20-18(21)17(24-19(20)22)11-14-10-15(12(3)4)16(23-7-2)9-13(14)5/h9-12H,6-8H2,1-5H3. The summed E-state index contributed by atoms with van der Waals surface area (Å²) in [6, 6.07) is 4.08. The van der Waals surface area contributed by atoms with Gasteiger partial charge < -0.3 is 4.74 Å². The molecule has 0 unspecified atom stereocenters. The fourth-order valence-corrected chi connectivity index (χ4v) is 3.52. The molecule has 0 aromatic heterocycles. The summed E-state index contributed by atoms with van der Waals surface area (Å²) in [6.45, 7) is 11.2. The average molecular weight is 347 g/mol. The van der Waals surface area contributed by atoms with E-state index in [1.807, 2.05) is 32.9 Å². The molecule has 2 amide bonds. The lowest BCUT2D eigenvalue weighted by molar-refractivity contribution is -0.122. The van der Waals surface area contributed by atoms with Crippen molar-refractivity contribution in [1.82, 2.24) is 4.90 Å². The van der Waals surface area contributed by atoms with Crippen molar-refractivity contribution in [2.75, 3.05) is 13.2 Å². The summed E-state index contributed by atoms with van der Waals surface area (Å²) in [5.74, 6) is 1.02. The Labute approximate surface area is 148 Å². The number of carbonyl (C=O) groups excluding carboxylic acids is 2. The first kappa shape index (κ1) is 18.6. The zero-order valence-corrected chi connectivity index (χ0v) is 15.8. The first-order chi connectivity index (χ1) is 11.4. The Kier molecular flexibility index (Phi) is 6.10. The fraction of sp³-hybridized carbons (Fsp3) is 0.474. The van der Waals surface area contributed by atoms with E-state index in [-0.39, 0.29) is 11.1 Å². The molecule has 1 aromatic carbocycles. The second-order valence-electron chi connectivity index (χ2n) is 6.17. The van der Waals surface area contributed by atoms with E-state index < -0.39 is 0 Å². The largest absolute Gasteiger partial charge is 0.494 e. The average Bonchev–Trinajstić information content (AvgIpc) is 2.78. The quantitative estimate of drug-likeness (QED) is 0.682. The summed E-state index contributed by atoms with van der Waals surface area (Å²) in [4.78, 5) is 26.2. The van der Waals surface area contributed by atoms with Gasteiger partial charge >= 0.3 is 0 Å². The van der Waals surface area contributed by atoms with Gasteiger partial charge in [0.2, 0.25) is 0 Å². The normalized spacial score (nSPS) is 16.6. The highest BCUT2D eigenvalue weighted by Crippen LogP contribution is 2.35. The maximum Gasteiger partial charge on any atom is 0.293 e. The Bertz CT molecular complexity index is 679. The van der Waals surface area contributed by atoms with Crippen LogP contribution >= 0.6 is 11.8 Å². The van der Waals surface area contributed by atoms with Gasteiger partial charge in [0, 0.05) is 6.54 Å². The number of ether oxygens (including phenoxy) is 1. The van der Waals surface area contributed by atoms with Crippen molar-refractivity contribution in [3.63, 3.8) is 0 Å². The van der Waals surface area contributed by atoms with Crippen LogP contribution in [0.4, 0.5) is 4.79 Å². The molecule has 2 rings (SSSR count). The lowest BCUT2D eigenvalue weighted by Crippen LogP contribution is -2.28. The fourth-order valence-electron chi connectivity index (χ4n) is 2.66.